The van der Waals surface area contributed by atoms with Crippen LogP contribution in [-0.2, 0) is 20.7 Å². The van der Waals surface area contributed by atoms with Crippen molar-refractivity contribution < 1.29 is 15.7 Å². The monoisotopic (exact) mass is 434 g/mol. The number of ether oxygens (including phenoxy) is 1. The fraction of sp³-hybridized carbons (Fsp3) is 0.857. The van der Waals surface area contributed by atoms with Gasteiger partial charge in [0.2, 0.25) is 5.91 Å². The maximum atomic E-state index is 12.7. The lowest BCUT2D eigenvalue weighted by Crippen LogP contribution is -2.50. The van der Waals surface area contributed by atoms with Crippen LogP contribution in [-0.4, -0.2) is 82.7 Å². The lowest BCUT2D eigenvalue weighted by Gasteiger charge is -2.42. The molecule has 172 valence electrons. The molecule has 31 heavy (non-hydrogen) atoms. The van der Waals surface area contributed by atoms with Gasteiger partial charge < -0.3 is 20.3 Å². The average molecular weight is 435 g/mol. The van der Waals surface area contributed by atoms with Crippen molar-refractivity contribution in [2.45, 2.75) is 63.4 Å². The van der Waals surface area contributed by atoms with Crippen LogP contribution in [0.4, 0.5) is 0 Å². The van der Waals surface area contributed by atoms with Crippen molar-refractivity contribution in [1.82, 2.24) is 36.2 Å². The maximum Gasteiger partial charge on any atom is 0.323 e. The van der Waals surface area contributed by atoms with Gasteiger partial charge in [-0.3, -0.25) is 9.59 Å². The first-order valence-electron chi connectivity index (χ1n) is 12.1. The van der Waals surface area contributed by atoms with Crippen LogP contribution < -0.4 is 10.6 Å². The third kappa shape index (κ3) is 5.79. The molecule has 10 heteroatoms. The number of fused-ring (bicyclic) bond motifs is 1. The van der Waals surface area contributed by atoms with Crippen LogP contribution in [0.5, 0.6) is 0 Å². The number of esters is 1. The van der Waals surface area contributed by atoms with E-state index in [4.69, 9.17) is 6.11 Å². The summed E-state index contributed by atoms with van der Waals surface area (Å²) in [7, 11) is 1.73. The Morgan fingerprint density at radius 2 is 2.13 bits per heavy atom. The molecular formula is C21H35N7O3. The predicted molar refractivity (Wildman–Crippen MR) is 113 cm³/mol. The van der Waals surface area contributed by atoms with Crippen LogP contribution >= 0.6 is 0 Å². The molecule has 0 aromatic carbocycles. The minimum atomic E-state index is -1.41. The zero-order valence-electron chi connectivity index (χ0n) is 19.3. The molecule has 0 radical (unpaired) electrons. The van der Waals surface area contributed by atoms with Crippen molar-refractivity contribution in [2.24, 2.45) is 17.8 Å². The Morgan fingerprint density at radius 3 is 2.90 bits per heavy atom. The molecule has 3 aliphatic rings. The minimum Gasteiger partial charge on any atom is -0.463 e. The van der Waals surface area contributed by atoms with E-state index in [0.29, 0.717) is 37.3 Å². The highest BCUT2D eigenvalue weighted by Gasteiger charge is 2.38. The molecule has 0 unspecified atom stereocenters. The minimum absolute atomic E-state index is 0.0341. The Kier molecular flexibility index (Phi) is 7.05. The Hall–Kier alpha value is -2.07. The number of nitrogens with one attached hydrogen (secondary N) is 3. The van der Waals surface area contributed by atoms with Gasteiger partial charge in [0.1, 0.15) is 12.6 Å². The van der Waals surface area contributed by atoms with Gasteiger partial charge in [-0.1, -0.05) is 11.6 Å². The molecule has 2 aliphatic heterocycles. The van der Waals surface area contributed by atoms with Crippen LogP contribution in [0.25, 0.3) is 0 Å². The van der Waals surface area contributed by atoms with Crippen LogP contribution in [0, 0.1) is 17.8 Å². The van der Waals surface area contributed by atoms with E-state index in [-0.39, 0.29) is 18.6 Å². The van der Waals surface area contributed by atoms with Gasteiger partial charge in [0.25, 0.3) is 0 Å². The molecule has 5 atom stereocenters. The van der Waals surface area contributed by atoms with E-state index in [2.05, 4.69) is 31.3 Å². The Balaban J connectivity index is 1.22. The summed E-state index contributed by atoms with van der Waals surface area (Å²) in [5.41, 5.74) is 0. The number of aryl methyl sites for hydroxylation is 1. The molecule has 10 nitrogen and oxygen atoms in total. The van der Waals surface area contributed by atoms with Gasteiger partial charge >= 0.3 is 5.97 Å². The van der Waals surface area contributed by atoms with E-state index in [0.717, 1.165) is 57.3 Å². The van der Waals surface area contributed by atoms with E-state index in [9.17, 15) is 9.59 Å². The summed E-state index contributed by atoms with van der Waals surface area (Å²) >= 11 is 0. The molecule has 1 aromatic heterocycles. The van der Waals surface area contributed by atoms with Crippen molar-refractivity contribution in [3.8, 4) is 0 Å². The van der Waals surface area contributed by atoms with Gasteiger partial charge in [0.05, 0.1) is 14.0 Å². The van der Waals surface area contributed by atoms with Crippen molar-refractivity contribution in [2.75, 3.05) is 33.3 Å². The lowest BCUT2D eigenvalue weighted by molar-refractivity contribution is -0.149. The van der Waals surface area contributed by atoms with Gasteiger partial charge in [0, 0.05) is 13.5 Å². The summed E-state index contributed by atoms with van der Waals surface area (Å²) < 4.78 is 14.2. The van der Waals surface area contributed by atoms with E-state index in [1.165, 1.54) is 0 Å². The highest BCUT2D eigenvalue weighted by Crippen LogP contribution is 2.40. The number of likely N-dealkylation sites (N-methyl/N-ethyl adjacent to an activating group) is 1. The molecule has 1 aliphatic carbocycles. The first kappa shape index (κ1) is 20.8. The lowest BCUT2D eigenvalue weighted by atomic mass is 9.69. The third-order valence-corrected chi connectivity index (χ3v) is 7.10. The normalized spacial score (nSPS) is 33.4. The molecular weight excluding hydrogens is 398 g/mol. The number of hydrogen-bond acceptors (Lipinski definition) is 8. The molecule has 1 amide bonds. The number of carbonyl (C=O) groups excluding carboxylic acids is 2. The van der Waals surface area contributed by atoms with Crippen molar-refractivity contribution in [3.05, 3.63) is 5.82 Å². The maximum absolute atomic E-state index is 12.7. The smallest absolute Gasteiger partial charge is 0.323 e. The zero-order valence-corrected chi connectivity index (χ0v) is 18.3. The standard InChI is InChI=1S/C21H35N7O3/c1-28(20(29)17-3-2-8-22-17)9-10-31-21(30)18-12-16-11-14(4-6-15(16)13-23-18)5-7-19-24-26-27-25-19/h14-18,22-23H,2-13H2,1H3,(H,24,25,26,27)/t14-,15+,16-,17+,18+/m1/s1/i18D. The van der Waals surface area contributed by atoms with Gasteiger partial charge in [-0.2, -0.15) is 5.21 Å². The van der Waals surface area contributed by atoms with Gasteiger partial charge in [-0.25, -0.2) is 0 Å². The van der Waals surface area contributed by atoms with Crippen molar-refractivity contribution >= 4 is 11.9 Å². The topological polar surface area (TPSA) is 125 Å². The largest absolute Gasteiger partial charge is 0.463 e. The second-order valence-corrected chi connectivity index (χ2v) is 9.17. The summed E-state index contributed by atoms with van der Waals surface area (Å²) in [4.78, 5) is 26.7. The van der Waals surface area contributed by atoms with Crippen LogP contribution in [0.1, 0.15) is 52.1 Å². The molecule has 1 saturated carbocycles. The molecule has 0 bridgehead atoms. The molecule has 1 aromatic rings. The SMILES string of the molecule is [2H][C@@]1(C(=O)OCCN(C)C(=O)[C@@H]2CCCN2)C[C@H]2C[C@@H](CCc3nn[nH]n3)CC[C@H]2CN1. The van der Waals surface area contributed by atoms with Crippen LogP contribution in [0.3, 0.4) is 0 Å². The number of aromatic amines is 1. The fourth-order valence-electron chi connectivity index (χ4n) is 5.20. The van der Waals surface area contributed by atoms with Crippen molar-refractivity contribution in [3.63, 3.8) is 0 Å². The van der Waals surface area contributed by atoms with Gasteiger partial charge in [0.15, 0.2) is 5.82 Å². The Bertz CT molecular complexity index is 773. The summed E-state index contributed by atoms with van der Waals surface area (Å²) in [6.07, 6.45) is 7.41. The quantitative estimate of drug-likeness (QED) is 0.498. The molecule has 2 saturated heterocycles. The van der Waals surface area contributed by atoms with Crippen LogP contribution in [0.15, 0.2) is 0 Å². The first-order valence-corrected chi connectivity index (χ1v) is 11.6. The number of tetrazole rings is 1. The summed E-state index contributed by atoms with van der Waals surface area (Å²) in [5.74, 6) is 1.63. The van der Waals surface area contributed by atoms with Gasteiger partial charge in [-0.15, -0.1) is 10.2 Å². The zero-order chi connectivity index (χ0) is 22.6. The van der Waals surface area contributed by atoms with E-state index >= 15 is 0 Å². The van der Waals surface area contributed by atoms with E-state index in [1.54, 1.807) is 11.9 Å². The molecule has 3 fully saturated rings. The molecule has 0 spiro atoms. The predicted octanol–water partition coefficient (Wildman–Crippen LogP) is 0.280. The van der Waals surface area contributed by atoms with E-state index in [1.807, 2.05) is 0 Å². The van der Waals surface area contributed by atoms with E-state index < -0.39 is 12.0 Å². The average Bonchev–Trinajstić information content (AvgIpc) is 3.51. The Labute approximate surface area is 184 Å². The number of piperidine rings is 1. The second-order valence-electron chi connectivity index (χ2n) is 9.17. The fourth-order valence-corrected chi connectivity index (χ4v) is 5.20. The molecule has 3 heterocycles. The number of rotatable bonds is 8. The Morgan fingerprint density at radius 1 is 1.23 bits per heavy atom. The van der Waals surface area contributed by atoms with Crippen LogP contribution in [0.2, 0.25) is 0 Å². The summed E-state index contributed by atoms with van der Waals surface area (Å²) in [5, 5.41) is 20.5. The highest BCUT2D eigenvalue weighted by molar-refractivity contribution is 5.82. The molecule has 3 N–H and O–H groups in total. The third-order valence-electron chi connectivity index (χ3n) is 7.10. The highest BCUT2D eigenvalue weighted by atomic mass is 16.5. The summed E-state index contributed by atoms with van der Waals surface area (Å²) in [6.45, 7) is 1.99. The van der Waals surface area contributed by atoms with Gasteiger partial charge in [-0.05, 0) is 69.4 Å². The number of H-pyrrole nitrogens is 1. The first-order chi connectivity index (χ1) is 15.4. The molecule has 4 rings (SSSR count). The summed E-state index contributed by atoms with van der Waals surface area (Å²) in [6, 6.07) is -1.54. The number of nitrogens with zero attached hydrogens (tertiary/aromatic N) is 4. The number of aromatic nitrogens is 4. The number of carbonyl (C=O) groups is 2. The number of hydrogen-bond donors (Lipinski definition) is 3. The van der Waals surface area contributed by atoms with Crippen molar-refractivity contribution in [1.29, 1.82) is 0 Å². The second kappa shape index (κ2) is 10.5. The number of amides is 1.